The summed E-state index contributed by atoms with van der Waals surface area (Å²) >= 11 is 0. The predicted octanol–water partition coefficient (Wildman–Crippen LogP) is 4.22. The van der Waals surface area contributed by atoms with Crippen LogP contribution in [0.1, 0.15) is 29.2 Å². The topological polar surface area (TPSA) is 41.1 Å². The zero-order chi connectivity index (χ0) is 16.1. The molecule has 0 aliphatic rings. The van der Waals surface area contributed by atoms with Gasteiger partial charge in [0.25, 0.3) is 0 Å². The zero-order valence-corrected chi connectivity index (χ0v) is 13.8. The molecule has 0 saturated heterocycles. The third-order valence-corrected chi connectivity index (χ3v) is 3.91. The molecule has 116 valence electrons. The van der Waals surface area contributed by atoms with Crippen LogP contribution in [0, 0.1) is 20.8 Å². The highest BCUT2D eigenvalue weighted by Gasteiger charge is 2.09. The summed E-state index contributed by atoms with van der Waals surface area (Å²) in [6.45, 7) is 8.48. The second-order valence-electron chi connectivity index (χ2n) is 5.63. The number of amides is 1. The van der Waals surface area contributed by atoms with E-state index < -0.39 is 0 Å². The van der Waals surface area contributed by atoms with Gasteiger partial charge in [-0.3, -0.25) is 4.79 Å². The maximum absolute atomic E-state index is 12.3. The molecule has 2 aromatic carbocycles. The molecule has 2 rings (SSSR count). The Morgan fingerprint density at radius 1 is 0.909 bits per heavy atom. The van der Waals surface area contributed by atoms with Crippen molar-refractivity contribution in [1.82, 2.24) is 0 Å². The smallest absolute Gasteiger partial charge is 0.243 e. The van der Waals surface area contributed by atoms with E-state index in [4.69, 9.17) is 0 Å². The Bertz CT molecular complexity index is 657. The third kappa shape index (κ3) is 3.67. The van der Waals surface area contributed by atoms with E-state index in [1.54, 1.807) is 0 Å². The van der Waals surface area contributed by atoms with Crippen molar-refractivity contribution in [1.29, 1.82) is 0 Å². The predicted molar refractivity (Wildman–Crippen MR) is 93.6 cm³/mol. The lowest BCUT2D eigenvalue weighted by Crippen LogP contribution is -2.23. The minimum atomic E-state index is -0.0216. The molecule has 0 heterocycles. The Hall–Kier alpha value is -2.29. The molecule has 0 spiro atoms. The Kier molecular flexibility index (Phi) is 5.21. The molecule has 0 aliphatic heterocycles. The largest absolute Gasteiger partial charge is 0.376 e. The molecule has 2 aromatic rings. The molecular weight excluding hydrogens is 272 g/mol. The first-order chi connectivity index (χ1) is 10.5. The molecule has 0 bridgehead atoms. The van der Waals surface area contributed by atoms with Crippen molar-refractivity contribution >= 4 is 17.3 Å². The van der Waals surface area contributed by atoms with E-state index in [2.05, 4.69) is 23.6 Å². The molecule has 0 unspecified atom stereocenters. The fourth-order valence-corrected chi connectivity index (χ4v) is 2.65. The van der Waals surface area contributed by atoms with Crippen molar-refractivity contribution in [2.24, 2.45) is 0 Å². The van der Waals surface area contributed by atoms with Gasteiger partial charge in [0.05, 0.1) is 6.54 Å². The number of benzene rings is 2. The van der Waals surface area contributed by atoms with Gasteiger partial charge in [-0.2, -0.15) is 0 Å². The van der Waals surface area contributed by atoms with Crippen LogP contribution in [-0.4, -0.2) is 12.5 Å². The average Bonchev–Trinajstić information content (AvgIpc) is 2.49. The number of anilines is 2. The van der Waals surface area contributed by atoms with Gasteiger partial charge in [-0.25, -0.2) is 0 Å². The highest BCUT2D eigenvalue weighted by molar-refractivity contribution is 5.95. The summed E-state index contributed by atoms with van der Waals surface area (Å²) in [6, 6.07) is 12.2. The fourth-order valence-electron chi connectivity index (χ4n) is 2.65. The Morgan fingerprint density at radius 2 is 1.45 bits per heavy atom. The summed E-state index contributed by atoms with van der Waals surface area (Å²) in [4.78, 5) is 12.3. The second kappa shape index (κ2) is 7.12. The van der Waals surface area contributed by atoms with Crippen molar-refractivity contribution in [3.05, 3.63) is 58.7 Å². The van der Waals surface area contributed by atoms with Crippen molar-refractivity contribution in [3.8, 4) is 0 Å². The van der Waals surface area contributed by atoms with Crippen LogP contribution in [0.2, 0.25) is 0 Å². The first kappa shape index (κ1) is 16.1. The molecule has 3 nitrogen and oxygen atoms in total. The van der Waals surface area contributed by atoms with Crippen LogP contribution in [-0.2, 0) is 11.2 Å². The zero-order valence-electron chi connectivity index (χ0n) is 13.8. The normalized spacial score (nSPS) is 10.4. The van der Waals surface area contributed by atoms with Crippen LogP contribution in [0.15, 0.2) is 36.4 Å². The number of nitrogens with one attached hydrogen (secondary N) is 2. The van der Waals surface area contributed by atoms with Gasteiger partial charge in [-0.1, -0.05) is 43.3 Å². The van der Waals surface area contributed by atoms with E-state index in [1.807, 2.05) is 51.1 Å². The fraction of sp³-hybridized carbons (Fsp3) is 0.316. The van der Waals surface area contributed by atoms with Gasteiger partial charge >= 0.3 is 0 Å². The van der Waals surface area contributed by atoms with Crippen molar-refractivity contribution < 1.29 is 4.79 Å². The molecule has 0 atom stereocenters. The lowest BCUT2D eigenvalue weighted by Gasteiger charge is -2.15. The van der Waals surface area contributed by atoms with Gasteiger partial charge in [0.15, 0.2) is 0 Å². The Morgan fingerprint density at radius 3 is 2.05 bits per heavy atom. The Balaban J connectivity index is 2.05. The molecule has 2 N–H and O–H groups in total. The van der Waals surface area contributed by atoms with Gasteiger partial charge in [0.1, 0.15) is 0 Å². The minimum Gasteiger partial charge on any atom is -0.376 e. The van der Waals surface area contributed by atoms with Crippen LogP contribution in [0.3, 0.4) is 0 Å². The number of hydrogen-bond acceptors (Lipinski definition) is 2. The molecule has 22 heavy (non-hydrogen) atoms. The van der Waals surface area contributed by atoms with E-state index in [-0.39, 0.29) is 12.5 Å². The number of carbonyl (C=O) groups excluding carboxylic acids is 1. The van der Waals surface area contributed by atoms with Gasteiger partial charge in [-0.15, -0.1) is 0 Å². The molecule has 3 heteroatoms. The van der Waals surface area contributed by atoms with E-state index in [0.717, 1.165) is 34.5 Å². The van der Waals surface area contributed by atoms with Crippen LogP contribution in [0.25, 0.3) is 0 Å². The number of carbonyl (C=O) groups is 1. The lowest BCUT2D eigenvalue weighted by atomic mass is 10.1. The molecule has 0 saturated carbocycles. The van der Waals surface area contributed by atoms with E-state index in [1.165, 1.54) is 5.56 Å². The molecule has 0 aromatic heterocycles. The molecule has 0 radical (unpaired) electrons. The first-order valence-corrected chi connectivity index (χ1v) is 7.71. The average molecular weight is 296 g/mol. The Labute approximate surface area is 132 Å². The number of para-hydroxylation sites is 2. The quantitative estimate of drug-likeness (QED) is 0.867. The van der Waals surface area contributed by atoms with Crippen LogP contribution >= 0.6 is 0 Å². The SMILES string of the molecule is CCc1cccc(C)c1NC(=O)CNc1c(C)cccc1C. The summed E-state index contributed by atoms with van der Waals surface area (Å²) in [7, 11) is 0. The second-order valence-corrected chi connectivity index (χ2v) is 5.63. The summed E-state index contributed by atoms with van der Waals surface area (Å²) in [5, 5.41) is 6.28. The van der Waals surface area contributed by atoms with Crippen molar-refractivity contribution in [2.75, 3.05) is 17.2 Å². The molecule has 1 amide bonds. The van der Waals surface area contributed by atoms with E-state index in [9.17, 15) is 4.79 Å². The maximum Gasteiger partial charge on any atom is 0.243 e. The summed E-state index contributed by atoms with van der Waals surface area (Å²) in [6.07, 6.45) is 0.904. The number of rotatable bonds is 5. The summed E-state index contributed by atoms with van der Waals surface area (Å²) in [5.74, 6) is -0.0216. The molecule has 0 fully saturated rings. The minimum absolute atomic E-state index is 0.0216. The summed E-state index contributed by atoms with van der Waals surface area (Å²) in [5.41, 5.74) is 6.55. The monoisotopic (exact) mass is 296 g/mol. The first-order valence-electron chi connectivity index (χ1n) is 7.71. The van der Waals surface area contributed by atoms with E-state index in [0.29, 0.717) is 0 Å². The maximum atomic E-state index is 12.3. The standard InChI is InChI=1S/C19H24N2O/c1-5-16-11-7-10-15(4)19(16)21-17(22)12-20-18-13(2)8-6-9-14(18)3/h6-11,20H,5,12H2,1-4H3,(H,21,22). The van der Waals surface area contributed by atoms with Crippen LogP contribution < -0.4 is 10.6 Å². The molecule has 0 aliphatic carbocycles. The third-order valence-electron chi connectivity index (χ3n) is 3.91. The van der Waals surface area contributed by atoms with Crippen LogP contribution in [0.5, 0.6) is 0 Å². The van der Waals surface area contributed by atoms with Gasteiger partial charge in [-0.05, 0) is 49.4 Å². The highest BCUT2D eigenvalue weighted by atomic mass is 16.1. The lowest BCUT2D eigenvalue weighted by molar-refractivity contribution is -0.114. The van der Waals surface area contributed by atoms with Crippen molar-refractivity contribution in [2.45, 2.75) is 34.1 Å². The highest BCUT2D eigenvalue weighted by Crippen LogP contribution is 2.22. The number of aryl methyl sites for hydroxylation is 4. The van der Waals surface area contributed by atoms with E-state index >= 15 is 0 Å². The number of hydrogen-bond donors (Lipinski definition) is 2. The van der Waals surface area contributed by atoms with Crippen molar-refractivity contribution in [3.63, 3.8) is 0 Å². The van der Waals surface area contributed by atoms with Gasteiger partial charge in [0, 0.05) is 11.4 Å². The van der Waals surface area contributed by atoms with Crippen LogP contribution in [0.4, 0.5) is 11.4 Å². The van der Waals surface area contributed by atoms with Gasteiger partial charge < -0.3 is 10.6 Å². The summed E-state index contributed by atoms with van der Waals surface area (Å²) < 4.78 is 0. The van der Waals surface area contributed by atoms with Gasteiger partial charge in [0.2, 0.25) is 5.91 Å². The molecular formula is C19H24N2O.